The van der Waals surface area contributed by atoms with E-state index in [1.54, 1.807) is 0 Å². The number of benzene rings is 1. The van der Waals surface area contributed by atoms with Gasteiger partial charge in [-0.25, -0.2) is 0 Å². The summed E-state index contributed by atoms with van der Waals surface area (Å²) in [5.74, 6) is -0.466. The van der Waals surface area contributed by atoms with Crippen LogP contribution in [0.2, 0.25) is 5.02 Å². The third kappa shape index (κ3) is 3.61. The smallest absolute Gasteiger partial charge is 0.312 e. The summed E-state index contributed by atoms with van der Waals surface area (Å²) in [5, 5.41) is 9.20. The second-order valence-corrected chi connectivity index (χ2v) is 5.04. The minimum Gasteiger partial charge on any atom is -0.493 e. The maximum absolute atomic E-state index is 11.0. The number of carbonyl (C=O) groups is 2. The Morgan fingerprint density at radius 1 is 1.47 bits per heavy atom. The highest BCUT2D eigenvalue weighted by Gasteiger charge is 2.29. The van der Waals surface area contributed by atoms with Gasteiger partial charge in [0, 0.05) is 5.56 Å². The molecule has 0 saturated carbocycles. The highest BCUT2D eigenvalue weighted by molar-refractivity contribution is 6.32. The zero-order chi connectivity index (χ0) is 14.6. The molecule has 1 aromatic carbocycles. The second kappa shape index (κ2) is 5.93. The first kappa shape index (κ1) is 15.3. The maximum atomic E-state index is 11.0. The van der Waals surface area contributed by atoms with Gasteiger partial charge in [0.05, 0.1) is 17.5 Å². The molecule has 104 valence electrons. The number of aldehydes is 1. The molecular weight excluding hydrogens is 272 g/mol. The summed E-state index contributed by atoms with van der Waals surface area (Å²) in [4.78, 5) is 21.7. The van der Waals surface area contributed by atoms with Crippen LogP contribution in [0.1, 0.15) is 24.2 Å². The Balaban J connectivity index is 3.01. The Labute approximate surface area is 116 Å². The van der Waals surface area contributed by atoms with Crippen LogP contribution in [0.15, 0.2) is 12.1 Å². The number of halogens is 1. The highest BCUT2D eigenvalue weighted by atomic mass is 35.5. The first-order chi connectivity index (χ1) is 8.81. The minimum absolute atomic E-state index is 0.0706. The van der Waals surface area contributed by atoms with Crippen LogP contribution >= 0.6 is 11.6 Å². The van der Waals surface area contributed by atoms with Gasteiger partial charge in [-0.3, -0.25) is 9.59 Å². The van der Waals surface area contributed by atoms with E-state index >= 15 is 0 Å². The summed E-state index contributed by atoms with van der Waals surface area (Å²) in [6.45, 7) is 3.00. The Hall–Kier alpha value is -1.75. The normalized spacial score (nSPS) is 10.9. The highest BCUT2D eigenvalue weighted by Crippen LogP contribution is 2.37. The number of methoxy groups -OCH3 is 1. The summed E-state index contributed by atoms with van der Waals surface area (Å²) < 4.78 is 10.5. The molecule has 0 aromatic heterocycles. The Kier molecular flexibility index (Phi) is 4.78. The number of aliphatic carboxylic acids is 1. The molecule has 0 spiro atoms. The van der Waals surface area contributed by atoms with E-state index in [0.29, 0.717) is 11.8 Å². The molecule has 1 N–H and O–H groups in total. The lowest BCUT2D eigenvalue weighted by molar-refractivity contribution is -0.148. The molecule has 0 amide bonds. The number of rotatable bonds is 6. The van der Waals surface area contributed by atoms with E-state index in [0.717, 1.165) is 0 Å². The van der Waals surface area contributed by atoms with Gasteiger partial charge in [-0.05, 0) is 26.0 Å². The van der Waals surface area contributed by atoms with Gasteiger partial charge in [0.15, 0.2) is 11.5 Å². The van der Waals surface area contributed by atoms with E-state index in [9.17, 15) is 9.59 Å². The first-order valence-corrected chi connectivity index (χ1v) is 5.88. The average molecular weight is 287 g/mol. The molecule has 5 nitrogen and oxygen atoms in total. The lowest BCUT2D eigenvalue weighted by atomic mass is 9.95. The molecule has 6 heteroatoms. The molecule has 0 heterocycles. The van der Waals surface area contributed by atoms with E-state index in [1.165, 1.54) is 33.1 Å². The van der Waals surface area contributed by atoms with Crippen LogP contribution in [-0.2, 0) is 4.79 Å². The molecule has 0 unspecified atom stereocenters. The zero-order valence-electron chi connectivity index (χ0n) is 10.9. The molecule has 1 aromatic rings. The van der Waals surface area contributed by atoms with Crippen LogP contribution in [0.25, 0.3) is 0 Å². The second-order valence-electron chi connectivity index (χ2n) is 4.63. The van der Waals surface area contributed by atoms with Crippen LogP contribution in [-0.4, -0.2) is 31.1 Å². The van der Waals surface area contributed by atoms with E-state index < -0.39 is 11.4 Å². The summed E-state index contributed by atoms with van der Waals surface area (Å²) >= 11 is 5.99. The monoisotopic (exact) mass is 286 g/mol. The van der Waals surface area contributed by atoms with Gasteiger partial charge >= 0.3 is 5.97 Å². The topological polar surface area (TPSA) is 72.8 Å². The molecule has 0 aliphatic heterocycles. The molecule has 0 atom stereocenters. The van der Waals surface area contributed by atoms with Gasteiger partial charge in [0.25, 0.3) is 0 Å². The van der Waals surface area contributed by atoms with Crippen molar-refractivity contribution in [2.45, 2.75) is 13.8 Å². The Morgan fingerprint density at radius 3 is 2.58 bits per heavy atom. The summed E-state index contributed by atoms with van der Waals surface area (Å²) in [5.41, 5.74) is -0.704. The van der Waals surface area contributed by atoms with Gasteiger partial charge in [-0.2, -0.15) is 0 Å². The third-order valence-electron chi connectivity index (χ3n) is 2.54. The van der Waals surface area contributed by atoms with Crippen LogP contribution < -0.4 is 9.47 Å². The predicted octanol–water partition coefficient (Wildman–Crippen LogP) is 2.65. The van der Waals surface area contributed by atoms with E-state index in [4.69, 9.17) is 26.2 Å². The molecule has 0 fully saturated rings. The zero-order valence-corrected chi connectivity index (χ0v) is 11.7. The number of carboxylic acid groups (broad SMARTS) is 1. The summed E-state index contributed by atoms with van der Waals surface area (Å²) in [6, 6.07) is 2.90. The van der Waals surface area contributed by atoms with Crippen molar-refractivity contribution in [3.63, 3.8) is 0 Å². The number of hydrogen-bond acceptors (Lipinski definition) is 4. The van der Waals surface area contributed by atoms with Crippen LogP contribution in [0, 0.1) is 5.41 Å². The number of carbonyl (C=O) groups excluding carboxylic acids is 1. The van der Waals surface area contributed by atoms with Crippen molar-refractivity contribution in [2.75, 3.05) is 13.7 Å². The van der Waals surface area contributed by atoms with Gasteiger partial charge in [-0.15, -0.1) is 0 Å². The third-order valence-corrected chi connectivity index (χ3v) is 2.82. The fraction of sp³-hybridized carbons (Fsp3) is 0.385. The van der Waals surface area contributed by atoms with Crippen molar-refractivity contribution in [1.82, 2.24) is 0 Å². The fourth-order valence-electron chi connectivity index (χ4n) is 1.26. The maximum Gasteiger partial charge on any atom is 0.312 e. The largest absolute Gasteiger partial charge is 0.493 e. The Morgan fingerprint density at radius 2 is 2.11 bits per heavy atom. The fourth-order valence-corrected chi connectivity index (χ4v) is 1.54. The van der Waals surface area contributed by atoms with Crippen LogP contribution in [0.5, 0.6) is 11.5 Å². The van der Waals surface area contributed by atoms with Crippen molar-refractivity contribution in [2.24, 2.45) is 5.41 Å². The molecular formula is C13H15ClO5. The predicted molar refractivity (Wildman–Crippen MR) is 70.3 cm³/mol. The van der Waals surface area contributed by atoms with Crippen molar-refractivity contribution in [3.05, 3.63) is 22.7 Å². The molecule has 0 saturated heterocycles. The van der Waals surface area contributed by atoms with Crippen molar-refractivity contribution in [3.8, 4) is 11.5 Å². The quantitative estimate of drug-likeness (QED) is 0.814. The first-order valence-electron chi connectivity index (χ1n) is 5.50. The van der Waals surface area contributed by atoms with E-state index in [2.05, 4.69) is 0 Å². The number of carboxylic acids is 1. The molecule has 0 bridgehead atoms. The van der Waals surface area contributed by atoms with Crippen LogP contribution in [0.3, 0.4) is 0 Å². The van der Waals surface area contributed by atoms with E-state index in [1.807, 2.05) is 0 Å². The lowest BCUT2D eigenvalue weighted by Crippen LogP contribution is -2.30. The SMILES string of the molecule is COc1cc(C=O)cc(Cl)c1OCC(C)(C)C(=O)O. The number of ether oxygens (including phenoxy) is 2. The van der Waals surface area contributed by atoms with Gasteiger partial charge in [0.2, 0.25) is 0 Å². The van der Waals surface area contributed by atoms with Crippen molar-refractivity contribution < 1.29 is 24.2 Å². The molecule has 0 aliphatic rings. The lowest BCUT2D eigenvalue weighted by Gasteiger charge is -2.21. The minimum atomic E-state index is -1.06. The standard InChI is InChI=1S/C13H15ClO5/c1-13(2,12(16)17)7-19-11-9(14)4-8(6-15)5-10(11)18-3/h4-6H,7H2,1-3H3,(H,16,17). The molecule has 1 rings (SSSR count). The summed E-state index contributed by atoms with van der Waals surface area (Å²) in [6.07, 6.45) is 0.638. The Bertz CT molecular complexity index is 496. The van der Waals surface area contributed by atoms with Crippen molar-refractivity contribution in [1.29, 1.82) is 0 Å². The molecule has 0 aliphatic carbocycles. The molecule has 0 radical (unpaired) electrons. The van der Waals surface area contributed by atoms with Gasteiger partial charge in [-0.1, -0.05) is 11.6 Å². The van der Waals surface area contributed by atoms with Gasteiger partial charge in [0.1, 0.15) is 12.9 Å². The number of hydrogen-bond donors (Lipinski definition) is 1. The molecule has 19 heavy (non-hydrogen) atoms. The van der Waals surface area contributed by atoms with Crippen LogP contribution in [0.4, 0.5) is 0 Å². The van der Waals surface area contributed by atoms with E-state index in [-0.39, 0.29) is 23.1 Å². The van der Waals surface area contributed by atoms with Gasteiger partial charge < -0.3 is 14.6 Å². The average Bonchev–Trinajstić information content (AvgIpc) is 2.36. The summed E-state index contributed by atoms with van der Waals surface area (Å²) in [7, 11) is 1.41. The van der Waals surface area contributed by atoms with Crippen molar-refractivity contribution >= 4 is 23.9 Å².